The van der Waals surface area contributed by atoms with Crippen molar-refractivity contribution >= 4 is 24.7 Å². The van der Waals surface area contributed by atoms with Crippen LogP contribution < -0.4 is 10.4 Å². The van der Waals surface area contributed by atoms with Gasteiger partial charge in [0.15, 0.2) is 12.6 Å². The fourth-order valence-corrected chi connectivity index (χ4v) is 17.1. The number of hydrogen-bond acceptors (Lipinski definition) is 13. The van der Waals surface area contributed by atoms with Gasteiger partial charge in [0.2, 0.25) is 0 Å². The smallest absolute Gasteiger partial charge is 0.305 e. The van der Waals surface area contributed by atoms with Crippen molar-refractivity contribution in [1.82, 2.24) is 0 Å². The molecule has 2 heterocycles. The maximum Gasteiger partial charge on any atom is 0.305 e. The van der Waals surface area contributed by atoms with Gasteiger partial charge in [-0.2, -0.15) is 0 Å². The lowest BCUT2D eigenvalue weighted by Crippen LogP contribution is -2.69. The van der Waals surface area contributed by atoms with E-state index in [0.29, 0.717) is 19.6 Å². The van der Waals surface area contributed by atoms with Crippen molar-refractivity contribution in [2.24, 2.45) is 0 Å². The third-order valence-electron chi connectivity index (χ3n) is 17.5. The summed E-state index contributed by atoms with van der Waals surface area (Å²) < 4.78 is 86.0. The number of carbonyl (C=O) groups is 1. The Kier molecular flexibility index (Phi) is 27.3. The quantitative estimate of drug-likeness (QED) is 0.0210. The van der Waals surface area contributed by atoms with Gasteiger partial charge in [-0.1, -0.05) is 289 Å². The maximum absolute atomic E-state index is 11.9. The van der Waals surface area contributed by atoms with Gasteiger partial charge in [-0.25, -0.2) is 0 Å². The molecule has 8 aromatic carbocycles. The van der Waals surface area contributed by atoms with Gasteiger partial charge in [-0.3, -0.25) is 4.79 Å². The first-order chi connectivity index (χ1) is 46.1. The van der Waals surface area contributed by atoms with Crippen LogP contribution in [0, 0.1) is 0 Å². The molecule has 13 nitrogen and oxygen atoms in total. The third-order valence-corrected chi connectivity index (χ3v) is 22.5. The minimum atomic E-state index is -3.22. The molecule has 8 aromatic rings. The van der Waals surface area contributed by atoms with Gasteiger partial charge in [0.05, 0.1) is 60.0 Å². The molecular formula is C80H94O13Si. The first-order valence-corrected chi connectivity index (χ1v) is 35.3. The SMILES string of the molecule is COC(=O)CCCCCCCCO[C@@H]1O[C@H](CO[Si](c2ccccc2)(c2ccccc2)C(C)(C)C)[C@@H](OCc2ccccc2)[C@H](O[C@H]2O[C@H](COCc3ccccc3)[C@@H](OCc3ccccc3)[C@H](OCc3ccccc3)[C@@H]2OCc2ccccc2)[C@@H]1OCc1ccccc1. The van der Waals surface area contributed by atoms with Gasteiger partial charge in [0, 0.05) is 13.0 Å². The molecule has 0 saturated carbocycles. The number of hydrogen-bond donors (Lipinski definition) is 0. The molecule has 0 aromatic heterocycles. The lowest BCUT2D eigenvalue weighted by Gasteiger charge is -2.51. The first kappa shape index (κ1) is 69.8. The van der Waals surface area contributed by atoms with Crippen LogP contribution in [0.5, 0.6) is 0 Å². The third kappa shape index (κ3) is 20.0. The lowest BCUT2D eigenvalue weighted by atomic mass is 9.95. The molecule has 0 amide bonds. The van der Waals surface area contributed by atoms with Gasteiger partial charge >= 0.3 is 5.97 Å². The number of unbranched alkanes of at least 4 members (excludes halogenated alkanes) is 5. The summed E-state index contributed by atoms with van der Waals surface area (Å²) in [5.41, 5.74) is 5.84. The molecule has 0 N–H and O–H groups in total. The second-order valence-electron chi connectivity index (χ2n) is 25.3. The van der Waals surface area contributed by atoms with E-state index >= 15 is 0 Å². The summed E-state index contributed by atoms with van der Waals surface area (Å²) in [6.07, 6.45) is -3.23. The van der Waals surface area contributed by atoms with E-state index in [0.717, 1.165) is 82.3 Å². The summed E-state index contributed by atoms with van der Waals surface area (Å²) in [6.45, 7) is 8.82. The van der Waals surface area contributed by atoms with Crippen molar-refractivity contribution < 1.29 is 61.3 Å². The molecule has 0 aliphatic carbocycles. The van der Waals surface area contributed by atoms with Crippen LogP contribution in [0.15, 0.2) is 243 Å². The zero-order valence-electron chi connectivity index (χ0n) is 55.0. The molecule has 2 saturated heterocycles. The topological polar surface area (TPSA) is 128 Å². The molecule has 14 heteroatoms. The average molecular weight is 1290 g/mol. The fourth-order valence-electron chi connectivity index (χ4n) is 12.6. The number of rotatable bonds is 36. The summed E-state index contributed by atoms with van der Waals surface area (Å²) in [5.74, 6) is -0.179. The minimum Gasteiger partial charge on any atom is -0.469 e. The number of ether oxygens (including phenoxy) is 11. The van der Waals surface area contributed by atoms with E-state index in [9.17, 15) is 4.79 Å². The van der Waals surface area contributed by atoms with Crippen molar-refractivity contribution in [1.29, 1.82) is 0 Å². The van der Waals surface area contributed by atoms with Crippen LogP contribution in [0.25, 0.3) is 0 Å². The molecule has 0 bridgehead atoms. The molecule has 0 unspecified atom stereocenters. The highest BCUT2D eigenvalue weighted by atomic mass is 28.4. The summed E-state index contributed by atoms with van der Waals surface area (Å²) in [7, 11) is -1.78. The van der Waals surface area contributed by atoms with Crippen molar-refractivity contribution in [2.75, 3.05) is 26.9 Å². The van der Waals surface area contributed by atoms with Crippen LogP contribution in [-0.2, 0) is 101 Å². The largest absolute Gasteiger partial charge is 0.469 e. The Bertz CT molecular complexity index is 3310. The molecule has 10 rings (SSSR count). The minimum absolute atomic E-state index is 0.0943. The van der Waals surface area contributed by atoms with Crippen LogP contribution in [0.4, 0.5) is 0 Å². The van der Waals surface area contributed by atoms with Crippen molar-refractivity contribution in [2.45, 2.75) is 172 Å². The number of carbonyl (C=O) groups excluding carboxylic acids is 1. The molecular weight excluding hydrogens is 1200 g/mol. The van der Waals surface area contributed by atoms with E-state index in [1.807, 2.05) is 133 Å². The van der Waals surface area contributed by atoms with Crippen molar-refractivity contribution in [3.63, 3.8) is 0 Å². The monoisotopic (exact) mass is 1290 g/mol. The van der Waals surface area contributed by atoms with E-state index in [-0.39, 0.29) is 57.3 Å². The van der Waals surface area contributed by atoms with Gasteiger partial charge in [0.25, 0.3) is 8.32 Å². The summed E-state index contributed by atoms with van der Waals surface area (Å²) >= 11 is 0. The number of methoxy groups -OCH3 is 1. The second kappa shape index (κ2) is 36.8. The van der Waals surface area contributed by atoms with Crippen molar-refractivity contribution in [3.05, 3.63) is 276 Å². The Morgan fingerprint density at radius 2 is 0.713 bits per heavy atom. The van der Waals surface area contributed by atoms with Crippen LogP contribution in [0.2, 0.25) is 5.04 Å². The Morgan fingerprint density at radius 3 is 1.14 bits per heavy atom. The standard InChI is InChI=1S/C80H94O13Si/c1-80(2,3)94(67-47-29-15-30-48-67,68-49-31-16-32-50-68)90-60-70-73(86-55-63-39-21-11-22-40-63)75(77(89-58-66-45-27-14-28-46-66)78(91-70)84-52-34-8-6-5-7-33-51-71(81)82-4)93-79-76(88-57-65-43-25-13-26-44-65)74(87-56-64-41-23-12-24-42-64)72(85-54-62-37-19-10-20-38-62)69(92-79)59-83-53-61-35-17-9-18-36-61/h9-32,35-50,69-70,72-79H,5-8,33-34,51-60H2,1-4H3/t69-,70-,72-,73-,74+,75+,76+,77+,78-,79-/m1/s1. The molecule has 94 heavy (non-hydrogen) atoms. The highest BCUT2D eigenvalue weighted by Gasteiger charge is 2.57. The summed E-state index contributed by atoms with van der Waals surface area (Å²) in [4.78, 5) is 11.9. The molecule has 10 atom stereocenters. The zero-order chi connectivity index (χ0) is 65.1. The average Bonchev–Trinajstić information content (AvgIpc) is 0.752. The Hall–Kier alpha value is -6.99. The van der Waals surface area contributed by atoms with Gasteiger partial charge in [-0.05, 0) is 61.6 Å². The van der Waals surface area contributed by atoms with E-state index < -0.39 is 69.7 Å². The fraction of sp³-hybridized carbons (Fsp3) is 0.388. The normalized spacial score (nSPS) is 21.6. The number of esters is 1. The van der Waals surface area contributed by atoms with Gasteiger partial charge in [0.1, 0.15) is 48.8 Å². The molecule has 2 aliphatic heterocycles. The molecule has 496 valence electrons. The molecule has 0 spiro atoms. The van der Waals surface area contributed by atoms with E-state index in [1.54, 1.807) is 0 Å². The highest BCUT2D eigenvalue weighted by Crippen LogP contribution is 2.40. The predicted molar refractivity (Wildman–Crippen MR) is 367 cm³/mol. The van der Waals surface area contributed by atoms with E-state index in [4.69, 9.17) is 56.5 Å². The number of benzene rings is 8. The highest BCUT2D eigenvalue weighted by molar-refractivity contribution is 6.99. The zero-order valence-corrected chi connectivity index (χ0v) is 56.0. The van der Waals surface area contributed by atoms with Gasteiger partial charge < -0.3 is 56.5 Å². The molecule has 2 aliphatic rings. The second-order valence-corrected chi connectivity index (χ2v) is 29.6. The summed E-state index contributed by atoms with van der Waals surface area (Å²) in [5, 5.41) is 1.88. The first-order valence-electron chi connectivity index (χ1n) is 33.4. The molecule has 2 fully saturated rings. The molecule has 0 radical (unpaired) electrons. The maximum atomic E-state index is 11.9. The van der Waals surface area contributed by atoms with Gasteiger partial charge in [-0.15, -0.1) is 0 Å². The Labute approximate surface area is 558 Å². The van der Waals surface area contributed by atoms with Crippen molar-refractivity contribution in [3.8, 4) is 0 Å². The lowest BCUT2D eigenvalue weighted by molar-refractivity contribution is -0.378. The Morgan fingerprint density at radius 1 is 0.372 bits per heavy atom. The van der Waals surface area contributed by atoms with Crippen LogP contribution >= 0.6 is 0 Å². The van der Waals surface area contributed by atoms with E-state index in [1.165, 1.54) is 7.11 Å². The summed E-state index contributed by atoms with van der Waals surface area (Å²) in [6, 6.07) is 82.0. The van der Waals surface area contributed by atoms with E-state index in [2.05, 4.69) is 130 Å². The Balaban J connectivity index is 1.09. The van der Waals surface area contributed by atoms with Crippen LogP contribution in [0.1, 0.15) is 99.1 Å². The van der Waals surface area contributed by atoms with Crippen LogP contribution in [-0.4, -0.2) is 103 Å². The van der Waals surface area contributed by atoms with Crippen LogP contribution in [0.3, 0.4) is 0 Å². The predicted octanol–water partition coefficient (Wildman–Crippen LogP) is 14.5.